The molecule has 90 valence electrons. The molecule has 0 bridgehead atoms. The molecule has 5 nitrogen and oxygen atoms in total. The van der Waals surface area contributed by atoms with Crippen molar-refractivity contribution in [1.82, 2.24) is 0 Å². The average molecular weight is 221 g/mol. The topological polar surface area (TPSA) is 104 Å². The summed E-state index contributed by atoms with van der Waals surface area (Å²) in [4.78, 5) is 0. The lowest BCUT2D eigenvalue weighted by Gasteiger charge is -2.36. The van der Waals surface area contributed by atoms with Crippen molar-refractivity contribution in [3.8, 4) is 0 Å². The zero-order chi connectivity index (χ0) is 11.6. The van der Waals surface area contributed by atoms with E-state index in [1.165, 1.54) is 0 Å². The Labute approximate surface area is 89.0 Å². The van der Waals surface area contributed by atoms with Gasteiger partial charge in [-0.15, -0.1) is 0 Å². The van der Waals surface area contributed by atoms with Gasteiger partial charge in [0.1, 0.15) is 0 Å². The molecule has 15 heavy (non-hydrogen) atoms. The Bertz CT molecular complexity index is 153. The van der Waals surface area contributed by atoms with Gasteiger partial charge in [0.25, 0.3) is 0 Å². The van der Waals surface area contributed by atoms with E-state index in [4.69, 9.17) is 25.5 Å². The van der Waals surface area contributed by atoms with Crippen LogP contribution in [0, 0.1) is 17.8 Å². The van der Waals surface area contributed by atoms with Crippen LogP contribution >= 0.6 is 0 Å². The van der Waals surface area contributed by atoms with Crippen molar-refractivity contribution >= 4 is 0 Å². The van der Waals surface area contributed by atoms with Crippen molar-refractivity contribution in [3.63, 3.8) is 0 Å². The summed E-state index contributed by atoms with van der Waals surface area (Å²) in [5, 5.41) is 44.0. The molecule has 0 saturated heterocycles. The maximum Gasteiger partial charge on any atom is 0.154 e. The van der Waals surface area contributed by atoms with Gasteiger partial charge in [0.15, 0.2) is 18.7 Å². The third kappa shape index (κ3) is 3.39. The van der Waals surface area contributed by atoms with Crippen LogP contribution in [0.5, 0.6) is 0 Å². The molecule has 0 aliphatic heterocycles. The van der Waals surface area contributed by atoms with Gasteiger partial charge in [-0.25, -0.2) is 0 Å². The number of rotatable bonds is 3. The SMILES string of the molecule is CC([OH2+])C1CC(C(O)O)CC(C(O)O)C1. The molecule has 3 unspecified atom stereocenters. The Balaban J connectivity index is 2.64. The quantitative estimate of drug-likeness (QED) is 0.353. The lowest BCUT2D eigenvalue weighted by molar-refractivity contribution is -0.149. The summed E-state index contributed by atoms with van der Waals surface area (Å²) in [6.07, 6.45) is -1.61. The minimum absolute atomic E-state index is 0.0114. The Kier molecular flexibility index (Phi) is 4.48. The molecule has 0 radical (unpaired) electrons. The fourth-order valence-corrected chi connectivity index (χ4v) is 2.35. The number of aliphatic hydroxyl groups is 4. The van der Waals surface area contributed by atoms with E-state index in [0.29, 0.717) is 19.3 Å². The van der Waals surface area contributed by atoms with Crippen LogP contribution in [0.2, 0.25) is 0 Å². The van der Waals surface area contributed by atoms with Crippen LogP contribution in [0.15, 0.2) is 0 Å². The van der Waals surface area contributed by atoms with Crippen molar-refractivity contribution in [2.45, 2.75) is 44.9 Å². The fraction of sp³-hybridized carbons (Fsp3) is 1.00. The first kappa shape index (κ1) is 12.9. The molecule has 5 heteroatoms. The highest BCUT2D eigenvalue weighted by Gasteiger charge is 2.37. The second-order valence-electron chi connectivity index (χ2n) is 4.60. The molecule has 0 aromatic carbocycles. The van der Waals surface area contributed by atoms with E-state index in [1.54, 1.807) is 6.92 Å². The molecule has 0 spiro atoms. The van der Waals surface area contributed by atoms with E-state index in [-0.39, 0.29) is 23.9 Å². The summed E-state index contributed by atoms with van der Waals surface area (Å²) in [6, 6.07) is 0. The Morgan fingerprint density at radius 2 is 1.20 bits per heavy atom. The third-order valence-corrected chi connectivity index (χ3v) is 3.37. The summed E-state index contributed by atoms with van der Waals surface area (Å²) in [6.45, 7) is 1.75. The predicted octanol–water partition coefficient (Wildman–Crippen LogP) is -1.25. The second kappa shape index (κ2) is 5.23. The van der Waals surface area contributed by atoms with Gasteiger partial charge in [0.2, 0.25) is 0 Å². The van der Waals surface area contributed by atoms with Crippen LogP contribution < -0.4 is 0 Å². The minimum atomic E-state index is -1.42. The molecule has 1 aliphatic rings. The number of hydrogen-bond acceptors (Lipinski definition) is 4. The van der Waals surface area contributed by atoms with Crippen LogP contribution in [0.4, 0.5) is 0 Å². The summed E-state index contributed by atoms with van der Waals surface area (Å²) < 4.78 is 0. The molecule has 1 aliphatic carbocycles. The predicted molar refractivity (Wildman–Crippen MR) is 53.8 cm³/mol. The Morgan fingerprint density at radius 3 is 1.47 bits per heavy atom. The summed E-state index contributed by atoms with van der Waals surface area (Å²) in [5.41, 5.74) is 0. The molecular weight excluding hydrogens is 200 g/mol. The minimum Gasteiger partial charge on any atom is -0.443 e. The molecule has 0 amide bonds. The second-order valence-corrected chi connectivity index (χ2v) is 4.60. The maximum absolute atomic E-state index is 9.11. The molecule has 0 aromatic heterocycles. The van der Waals surface area contributed by atoms with Crippen LogP contribution in [0.25, 0.3) is 0 Å². The maximum atomic E-state index is 9.11. The normalized spacial score (nSPS) is 34.8. The monoisotopic (exact) mass is 221 g/mol. The van der Waals surface area contributed by atoms with Crippen LogP contribution in [-0.2, 0) is 0 Å². The molecule has 6 N–H and O–H groups in total. The first-order valence-corrected chi connectivity index (χ1v) is 5.35. The molecule has 3 atom stereocenters. The number of hydrogen-bond donors (Lipinski definition) is 4. The van der Waals surface area contributed by atoms with Crippen molar-refractivity contribution in [2.24, 2.45) is 17.8 Å². The summed E-state index contributed by atoms with van der Waals surface area (Å²) >= 11 is 0. The standard InChI is InChI=1S/C10H20O5/c1-5(11)6-2-7(9(12)13)4-8(3-6)10(14)15/h5-15H,2-4H2,1H3/p+1. The van der Waals surface area contributed by atoms with Crippen LogP contribution in [-0.4, -0.2) is 44.2 Å². The molecule has 1 rings (SSSR count). The van der Waals surface area contributed by atoms with Gasteiger partial charge >= 0.3 is 0 Å². The van der Waals surface area contributed by atoms with Crippen LogP contribution in [0.1, 0.15) is 26.2 Å². The number of aliphatic hydroxyl groups excluding tert-OH is 2. The van der Waals surface area contributed by atoms with Gasteiger partial charge in [-0.2, -0.15) is 0 Å². The Hall–Kier alpha value is -0.200. The van der Waals surface area contributed by atoms with Gasteiger partial charge in [0.05, 0.1) is 0 Å². The van der Waals surface area contributed by atoms with E-state index in [0.717, 1.165) is 0 Å². The van der Waals surface area contributed by atoms with E-state index in [2.05, 4.69) is 0 Å². The summed E-state index contributed by atoms with van der Waals surface area (Å²) in [5.74, 6) is -0.677. The molecular formula is C10H21O5+. The molecule has 0 heterocycles. The lowest BCUT2D eigenvalue weighted by atomic mass is 9.73. The van der Waals surface area contributed by atoms with Crippen molar-refractivity contribution in [1.29, 1.82) is 0 Å². The lowest BCUT2D eigenvalue weighted by Crippen LogP contribution is -2.38. The first-order valence-electron chi connectivity index (χ1n) is 5.35. The van der Waals surface area contributed by atoms with Gasteiger partial charge in [0, 0.05) is 24.7 Å². The highest BCUT2D eigenvalue weighted by atomic mass is 16.5. The van der Waals surface area contributed by atoms with Gasteiger partial charge in [-0.3, -0.25) is 0 Å². The Morgan fingerprint density at radius 1 is 0.867 bits per heavy atom. The first-order chi connectivity index (χ1) is 6.91. The van der Waals surface area contributed by atoms with Gasteiger partial charge in [-0.1, -0.05) is 0 Å². The van der Waals surface area contributed by atoms with Crippen molar-refractivity contribution in [2.75, 3.05) is 0 Å². The average Bonchev–Trinajstić information content (AvgIpc) is 2.16. The van der Waals surface area contributed by atoms with E-state index >= 15 is 0 Å². The molecule has 1 fully saturated rings. The van der Waals surface area contributed by atoms with Gasteiger partial charge in [-0.05, 0) is 19.3 Å². The van der Waals surface area contributed by atoms with Crippen molar-refractivity contribution in [3.05, 3.63) is 0 Å². The summed E-state index contributed by atoms with van der Waals surface area (Å²) in [7, 11) is 0. The highest BCUT2D eigenvalue weighted by molar-refractivity contribution is 4.83. The van der Waals surface area contributed by atoms with Crippen molar-refractivity contribution < 1.29 is 25.5 Å². The highest BCUT2D eigenvalue weighted by Crippen LogP contribution is 2.37. The largest absolute Gasteiger partial charge is 0.443 e. The van der Waals surface area contributed by atoms with Crippen LogP contribution in [0.3, 0.4) is 0 Å². The van der Waals surface area contributed by atoms with Gasteiger partial charge < -0.3 is 25.5 Å². The van der Waals surface area contributed by atoms with E-state index in [9.17, 15) is 0 Å². The van der Waals surface area contributed by atoms with E-state index < -0.39 is 12.6 Å². The third-order valence-electron chi connectivity index (χ3n) is 3.37. The van der Waals surface area contributed by atoms with E-state index in [1.807, 2.05) is 0 Å². The fourth-order valence-electron chi connectivity index (χ4n) is 2.35. The molecule has 1 saturated carbocycles. The smallest absolute Gasteiger partial charge is 0.154 e. The zero-order valence-electron chi connectivity index (χ0n) is 8.87. The zero-order valence-corrected chi connectivity index (χ0v) is 8.87. The molecule has 0 aromatic rings.